The van der Waals surface area contributed by atoms with Crippen molar-refractivity contribution in [1.82, 2.24) is 39.8 Å². The summed E-state index contributed by atoms with van der Waals surface area (Å²) < 4.78 is 19.1. The minimum Gasteiger partial charge on any atom is -0.465 e. The number of aromatic nitrogens is 4. The molecular formula is C33H45N9O6. The molecule has 0 bridgehead atoms. The molecule has 0 radical (unpaired) electrons. The summed E-state index contributed by atoms with van der Waals surface area (Å²) >= 11 is 0. The van der Waals surface area contributed by atoms with Crippen LogP contribution in [0.25, 0.3) is 5.69 Å². The fourth-order valence-corrected chi connectivity index (χ4v) is 6.54. The molecule has 4 saturated heterocycles. The normalized spacial score (nSPS) is 24.9. The highest BCUT2D eigenvalue weighted by atomic mass is 16.6. The minimum atomic E-state index is -0.856. The van der Waals surface area contributed by atoms with E-state index in [1.807, 2.05) is 63.2 Å². The molecule has 2 unspecified atom stereocenters. The number of tetrazole rings is 1. The molecule has 5 heterocycles. The van der Waals surface area contributed by atoms with Crippen LogP contribution in [0.1, 0.15) is 44.1 Å². The fourth-order valence-electron chi connectivity index (χ4n) is 6.54. The lowest BCUT2D eigenvalue weighted by molar-refractivity contribution is -0.0906. The number of ether oxygens (including phenoxy) is 3. The van der Waals surface area contributed by atoms with Crippen molar-refractivity contribution in [3.8, 4) is 5.69 Å². The average Bonchev–Trinajstić information content (AvgIpc) is 3.62. The Balaban J connectivity index is 0.000000167. The predicted octanol–water partition coefficient (Wildman–Crippen LogP) is 2.66. The van der Waals surface area contributed by atoms with Crippen LogP contribution in [0.2, 0.25) is 0 Å². The molecule has 15 nitrogen and oxygen atoms in total. The van der Waals surface area contributed by atoms with Crippen LogP contribution in [0.15, 0.2) is 54.9 Å². The summed E-state index contributed by atoms with van der Waals surface area (Å²) in [5, 5.41) is 20.3. The molecule has 2 aromatic carbocycles. The van der Waals surface area contributed by atoms with Gasteiger partial charge in [-0.05, 0) is 66.6 Å². The third kappa shape index (κ3) is 8.21. The van der Waals surface area contributed by atoms with Gasteiger partial charge in [0.2, 0.25) is 0 Å². The topological polar surface area (TPSA) is 165 Å². The summed E-state index contributed by atoms with van der Waals surface area (Å²) in [6.07, 6.45) is 0.472. The van der Waals surface area contributed by atoms with Crippen LogP contribution in [0.3, 0.4) is 0 Å². The van der Waals surface area contributed by atoms with Crippen LogP contribution in [0.5, 0.6) is 0 Å². The van der Waals surface area contributed by atoms with Crippen molar-refractivity contribution in [3.05, 3.63) is 66.0 Å². The molecule has 15 heteroatoms. The predicted molar refractivity (Wildman–Crippen MR) is 176 cm³/mol. The Labute approximate surface area is 280 Å². The number of amides is 2. The van der Waals surface area contributed by atoms with Gasteiger partial charge in [0.05, 0.1) is 43.2 Å². The van der Waals surface area contributed by atoms with E-state index in [0.29, 0.717) is 39.4 Å². The van der Waals surface area contributed by atoms with Gasteiger partial charge in [-0.15, -0.1) is 5.10 Å². The maximum atomic E-state index is 12.2. The number of hydrogen-bond donors (Lipinski definition) is 2. The molecule has 2 amide bonds. The second-order valence-electron chi connectivity index (χ2n) is 13.6. The summed E-state index contributed by atoms with van der Waals surface area (Å²) in [5.74, 6) is 0. The summed E-state index contributed by atoms with van der Waals surface area (Å²) in [7, 11) is 0. The number of carbonyl (C=O) groups is 2. The molecule has 48 heavy (non-hydrogen) atoms. The zero-order chi connectivity index (χ0) is 33.8. The minimum absolute atomic E-state index is 0.0333. The van der Waals surface area contributed by atoms with E-state index in [4.69, 9.17) is 25.1 Å². The zero-order valence-corrected chi connectivity index (χ0v) is 27.7. The van der Waals surface area contributed by atoms with Gasteiger partial charge in [-0.1, -0.05) is 24.3 Å². The molecule has 4 atom stereocenters. The van der Waals surface area contributed by atoms with Crippen molar-refractivity contribution in [3.63, 3.8) is 0 Å². The van der Waals surface area contributed by atoms with Crippen molar-refractivity contribution in [2.75, 3.05) is 71.3 Å². The number of nitrogen functional groups attached to an aromatic ring is 1. The molecule has 258 valence electrons. The van der Waals surface area contributed by atoms with Crippen molar-refractivity contribution in [1.29, 1.82) is 0 Å². The van der Waals surface area contributed by atoms with Gasteiger partial charge in [0.25, 0.3) is 0 Å². The first-order valence-corrected chi connectivity index (χ1v) is 16.4. The highest BCUT2D eigenvalue weighted by molar-refractivity contribution is 5.68. The molecule has 7 rings (SSSR count). The molecule has 4 aliphatic heterocycles. The van der Waals surface area contributed by atoms with E-state index in [1.54, 1.807) is 15.9 Å². The molecular weight excluding hydrogens is 618 g/mol. The van der Waals surface area contributed by atoms with E-state index in [0.717, 1.165) is 48.7 Å². The number of morpholine rings is 2. The Morgan fingerprint density at radius 3 is 2.04 bits per heavy atom. The Hall–Kier alpha value is -4.31. The summed E-state index contributed by atoms with van der Waals surface area (Å²) in [6.45, 7) is 12.4. The molecule has 3 N–H and O–H groups in total. The Kier molecular flexibility index (Phi) is 10.1. The number of hydrogen-bond acceptors (Lipinski definition) is 11. The summed E-state index contributed by atoms with van der Waals surface area (Å²) in [4.78, 5) is 31.3. The van der Waals surface area contributed by atoms with E-state index in [-0.39, 0.29) is 30.4 Å². The van der Waals surface area contributed by atoms with E-state index in [9.17, 15) is 9.59 Å². The maximum Gasteiger partial charge on any atom is 0.410 e. The van der Waals surface area contributed by atoms with Crippen molar-refractivity contribution >= 4 is 17.9 Å². The number of nitrogens with two attached hydrogens (primary N) is 1. The van der Waals surface area contributed by atoms with Gasteiger partial charge in [-0.2, -0.15) is 0 Å². The molecule has 1 aromatic heterocycles. The molecule has 4 aliphatic rings. The highest BCUT2D eigenvalue weighted by Crippen LogP contribution is 2.29. The third-order valence-electron chi connectivity index (χ3n) is 9.05. The average molecular weight is 664 g/mol. The maximum absolute atomic E-state index is 12.2. The van der Waals surface area contributed by atoms with Gasteiger partial charge < -0.3 is 34.9 Å². The molecule has 4 fully saturated rings. The quantitative estimate of drug-likeness (QED) is 0.395. The largest absolute Gasteiger partial charge is 0.465 e. The van der Waals surface area contributed by atoms with Crippen LogP contribution < -0.4 is 5.73 Å². The van der Waals surface area contributed by atoms with E-state index in [1.165, 1.54) is 4.90 Å². The first kappa shape index (κ1) is 33.6. The lowest BCUT2D eigenvalue weighted by atomic mass is 10.0. The number of carbonyl (C=O) groups excluding carboxylic acids is 1. The lowest BCUT2D eigenvalue weighted by Gasteiger charge is -2.46. The van der Waals surface area contributed by atoms with Crippen LogP contribution in [0, 0.1) is 0 Å². The molecule has 0 spiro atoms. The van der Waals surface area contributed by atoms with Gasteiger partial charge in [0.1, 0.15) is 11.9 Å². The van der Waals surface area contributed by atoms with E-state index < -0.39 is 11.7 Å². The van der Waals surface area contributed by atoms with Gasteiger partial charge in [-0.25, -0.2) is 14.3 Å². The Morgan fingerprint density at radius 2 is 1.46 bits per heavy atom. The van der Waals surface area contributed by atoms with Gasteiger partial charge in [0.15, 0.2) is 0 Å². The number of carboxylic acid groups (broad SMARTS) is 1. The van der Waals surface area contributed by atoms with Gasteiger partial charge >= 0.3 is 12.2 Å². The zero-order valence-electron chi connectivity index (χ0n) is 27.7. The number of piperazine rings is 2. The van der Waals surface area contributed by atoms with Crippen LogP contribution >= 0.6 is 0 Å². The number of rotatable bonds is 3. The van der Waals surface area contributed by atoms with E-state index in [2.05, 4.69) is 31.4 Å². The Bertz CT molecular complexity index is 1550. The smallest absolute Gasteiger partial charge is 0.410 e. The molecule has 0 aliphatic carbocycles. The van der Waals surface area contributed by atoms with Crippen molar-refractivity contribution < 1.29 is 28.9 Å². The van der Waals surface area contributed by atoms with Crippen LogP contribution in [0.4, 0.5) is 15.3 Å². The number of anilines is 1. The lowest BCUT2D eigenvalue weighted by Crippen LogP contribution is -2.59. The summed E-state index contributed by atoms with van der Waals surface area (Å²) in [6, 6.07) is 16.2. The SMILES string of the molecule is CC(C)(C)OC(=O)N1CCN2CC(c3cccc(N)c3)OCC2C1.O=C(O)N1CCN2C[C@@H](c3cccc(-n4cnnn4)c3)OC[C@@H]2C1. The first-order chi connectivity index (χ1) is 23.0. The molecule has 3 aromatic rings. The number of nitrogens with zero attached hydrogens (tertiary/aromatic N) is 8. The highest BCUT2D eigenvalue weighted by Gasteiger charge is 2.37. The first-order valence-electron chi connectivity index (χ1n) is 16.4. The molecule has 0 saturated carbocycles. The van der Waals surface area contributed by atoms with Gasteiger partial charge in [-0.3, -0.25) is 9.80 Å². The number of benzene rings is 2. The number of fused-ring (bicyclic) bond motifs is 2. The van der Waals surface area contributed by atoms with E-state index >= 15 is 0 Å². The second-order valence-corrected chi connectivity index (χ2v) is 13.6. The fraction of sp³-hybridized carbons (Fsp3) is 0.545. The standard InChI is InChI=1S/C18H27N3O3.C15H18N6O3/c1-18(2,3)24-17(22)21-8-7-20-11-16(23-12-15(20)10-21)13-5-4-6-14(19)9-13;22-15(23)20-5-4-19-8-14(24-9-13(19)7-20)11-2-1-3-12(6-11)21-10-16-17-18-21/h4-6,9,15-16H,7-8,10-12,19H2,1-3H3;1-3,6,10,13-14H,4-5,7-9H2,(H,22,23)/t;13-,14-/m.0/s1. The summed E-state index contributed by atoms with van der Waals surface area (Å²) in [5.41, 5.74) is 9.24. The van der Waals surface area contributed by atoms with Crippen molar-refractivity contribution in [2.24, 2.45) is 0 Å². The van der Waals surface area contributed by atoms with Crippen LogP contribution in [-0.2, 0) is 14.2 Å². The second kappa shape index (κ2) is 14.4. The monoisotopic (exact) mass is 663 g/mol. The van der Waals surface area contributed by atoms with Gasteiger partial charge in [0, 0.05) is 58.0 Å². The van der Waals surface area contributed by atoms with Crippen molar-refractivity contribution in [2.45, 2.75) is 50.7 Å². The van der Waals surface area contributed by atoms with Crippen LogP contribution in [-0.4, -0.2) is 140 Å². The third-order valence-corrected chi connectivity index (χ3v) is 9.05. The Morgan fingerprint density at radius 1 is 0.854 bits per heavy atom.